The highest BCUT2D eigenvalue weighted by atomic mass is 79.9. The third kappa shape index (κ3) is 5.65. The Kier molecular flexibility index (Phi) is 6.75. The number of pyridine rings is 1. The molecule has 6 nitrogen and oxygen atoms in total. The van der Waals surface area contributed by atoms with Crippen LogP contribution in [0.2, 0.25) is 0 Å². The number of hydrogen-bond acceptors (Lipinski definition) is 5. The molecule has 0 fully saturated rings. The molecule has 0 atom stereocenters. The smallest absolute Gasteiger partial charge is 0.325 e. The van der Waals surface area contributed by atoms with Crippen molar-refractivity contribution in [1.82, 2.24) is 10.3 Å². The van der Waals surface area contributed by atoms with Gasteiger partial charge in [0.15, 0.2) is 0 Å². The van der Waals surface area contributed by atoms with E-state index in [0.29, 0.717) is 22.6 Å². The molecule has 3 rings (SSSR count). The molecule has 0 aliphatic rings. The number of carbonyl (C=O) groups excluding carboxylic acids is 2. The monoisotopic (exact) mass is 440 g/mol. The Morgan fingerprint density at radius 1 is 1.04 bits per heavy atom. The van der Waals surface area contributed by atoms with Gasteiger partial charge in [0.25, 0.3) is 5.91 Å². The van der Waals surface area contributed by atoms with Gasteiger partial charge in [-0.15, -0.1) is 0 Å². The number of hydrogen-bond donors (Lipinski definition) is 1. The maximum atomic E-state index is 12.1. The minimum Gasteiger partial charge on any atom is -0.459 e. The molecule has 1 heterocycles. The number of esters is 1. The van der Waals surface area contributed by atoms with Crippen molar-refractivity contribution >= 4 is 27.8 Å². The van der Waals surface area contributed by atoms with Crippen molar-refractivity contribution in [2.45, 2.75) is 6.61 Å². The SMILES string of the molecule is O=C(CNC(=O)c1cccc(Br)c1)OCc1ccccc1Oc1cccnc1. The van der Waals surface area contributed by atoms with E-state index < -0.39 is 5.97 Å². The van der Waals surface area contributed by atoms with Crippen LogP contribution in [0.4, 0.5) is 0 Å². The van der Waals surface area contributed by atoms with Crippen LogP contribution in [0.3, 0.4) is 0 Å². The maximum Gasteiger partial charge on any atom is 0.325 e. The Bertz CT molecular complexity index is 963. The summed E-state index contributed by atoms with van der Waals surface area (Å²) >= 11 is 3.30. The fourth-order valence-electron chi connectivity index (χ4n) is 2.35. The Morgan fingerprint density at radius 3 is 2.68 bits per heavy atom. The summed E-state index contributed by atoms with van der Waals surface area (Å²) in [5, 5.41) is 2.54. The zero-order valence-corrected chi connectivity index (χ0v) is 16.4. The number of nitrogens with one attached hydrogen (secondary N) is 1. The molecule has 0 unspecified atom stereocenters. The van der Waals surface area contributed by atoms with Gasteiger partial charge in [-0.3, -0.25) is 14.6 Å². The molecular formula is C21H17BrN2O4. The molecule has 1 aromatic heterocycles. The lowest BCUT2D eigenvalue weighted by molar-refractivity contribution is -0.143. The van der Waals surface area contributed by atoms with Crippen LogP contribution in [-0.2, 0) is 16.1 Å². The molecule has 0 radical (unpaired) electrons. The standard InChI is InChI=1S/C21H17BrN2O4/c22-17-7-3-6-15(11-17)21(26)24-13-20(25)27-14-16-5-1-2-9-19(16)28-18-8-4-10-23-12-18/h1-12H,13-14H2,(H,24,26). The molecule has 142 valence electrons. The van der Waals surface area contributed by atoms with Gasteiger partial charge in [0, 0.05) is 21.8 Å². The second kappa shape index (κ2) is 9.66. The van der Waals surface area contributed by atoms with Gasteiger partial charge in [-0.2, -0.15) is 0 Å². The van der Waals surface area contributed by atoms with Gasteiger partial charge in [-0.25, -0.2) is 0 Å². The van der Waals surface area contributed by atoms with E-state index in [9.17, 15) is 9.59 Å². The summed E-state index contributed by atoms with van der Waals surface area (Å²) in [6.45, 7) is -0.195. The van der Waals surface area contributed by atoms with Crippen LogP contribution in [0.15, 0.2) is 77.5 Å². The lowest BCUT2D eigenvalue weighted by Gasteiger charge is -2.11. The predicted octanol–water partition coefficient (Wildman–Crippen LogP) is 4.11. The predicted molar refractivity (Wildman–Crippen MR) is 107 cm³/mol. The average molecular weight is 441 g/mol. The number of ether oxygens (including phenoxy) is 2. The minimum atomic E-state index is -0.542. The quantitative estimate of drug-likeness (QED) is 0.559. The summed E-state index contributed by atoms with van der Waals surface area (Å²) < 4.78 is 11.8. The van der Waals surface area contributed by atoms with Crippen molar-refractivity contribution < 1.29 is 19.1 Å². The van der Waals surface area contributed by atoms with Crippen LogP contribution in [0.1, 0.15) is 15.9 Å². The number of halogens is 1. The van der Waals surface area contributed by atoms with Crippen molar-refractivity contribution in [3.63, 3.8) is 0 Å². The van der Waals surface area contributed by atoms with Gasteiger partial charge in [0.05, 0.1) is 6.20 Å². The van der Waals surface area contributed by atoms with Crippen molar-refractivity contribution in [2.24, 2.45) is 0 Å². The Hall–Kier alpha value is -3.19. The van der Waals surface area contributed by atoms with Gasteiger partial charge in [0.2, 0.25) is 0 Å². The maximum absolute atomic E-state index is 12.1. The lowest BCUT2D eigenvalue weighted by Crippen LogP contribution is -2.30. The van der Waals surface area contributed by atoms with Crippen LogP contribution in [0.25, 0.3) is 0 Å². The van der Waals surface area contributed by atoms with E-state index in [1.54, 1.807) is 54.9 Å². The summed E-state index contributed by atoms with van der Waals surface area (Å²) in [4.78, 5) is 28.1. The van der Waals surface area contributed by atoms with Crippen LogP contribution in [0, 0.1) is 0 Å². The highest BCUT2D eigenvalue weighted by Gasteiger charge is 2.11. The Labute approximate surface area is 170 Å². The number of rotatable bonds is 7. The first-order valence-electron chi connectivity index (χ1n) is 8.47. The van der Waals surface area contributed by atoms with E-state index >= 15 is 0 Å². The zero-order chi connectivity index (χ0) is 19.8. The molecule has 7 heteroatoms. The van der Waals surface area contributed by atoms with E-state index in [-0.39, 0.29) is 19.1 Å². The molecule has 3 aromatic rings. The average Bonchev–Trinajstić information content (AvgIpc) is 2.72. The van der Waals surface area contributed by atoms with E-state index in [1.165, 1.54) is 0 Å². The molecule has 0 saturated carbocycles. The largest absolute Gasteiger partial charge is 0.459 e. The highest BCUT2D eigenvalue weighted by Crippen LogP contribution is 2.25. The van der Waals surface area contributed by atoms with E-state index in [4.69, 9.17) is 9.47 Å². The lowest BCUT2D eigenvalue weighted by atomic mass is 10.2. The van der Waals surface area contributed by atoms with Crippen molar-refractivity contribution in [3.8, 4) is 11.5 Å². The summed E-state index contributed by atoms with van der Waals surface area (Å²) in [7, 11) is 0. The van der Waals surface area contributed by atoms with E-state index in [1.807, 2.05) is 18.2 Å². The first-order chi connectivity index (χ1) is 13.6. The molecular weight excluding hydrogens is 424 g/mol. The number of nitrogens with zero attached hydrogens (tertiary/aromatic N) is 1. The fraction of sp³-hybridized carbons (Fsp3) is 0.0952. The highest BCUT2D eigenvalue weighted by molar-refractivity contribution is 9.10. The van der Waals surface area contributed by atoms with E-state index in [2.05, 4.69) is 26.2 Å². The van der Waals surface area contributed by atoms with Crippen LogP contribution in [0.5, 0.6) is 11.5 Å². The number of aromatic nitrogens is 1. The first kappa shape index (κ1) is 19.6. The topological polar surface area (TPSA) is 77.5 Å². The van der Waals surface area contributed by atoms with Gasteiger partial charge >= 0.3 is 5.97 Å². The molecule has 0 saturated heterocycles. The fourth-order valence-corrected chi connectivity index (χ4v) is 2.75. The Morgan fingerprint density at radius 2 is 1.89 bits per heavy atom. The minimum absolute atomic E-state index is 0.0298. The zero-order valence-electron chi connectivity index (χ0n) is 14.8. The molecule has 2 aromatic carbocycles. The summed E-state index contributed by atoms with van der Waals surface area (Å²) in [6, 6.07) is 17.7. The molecule has 28 heavy (non-hydrogen) atoms. The van der Waals surface area contributed by atoms with Gasteiger partial charge < -0.3 is 14.8 Å². The molecule has 0 bridgehead atoms. The van der Waals surface area contributed by atoms with Crippen LogP contribution < -0.4 is 10.1 Å². The summed E-state index contributed by atoms with van der Waals surface area (Å²) in [5.41, 5.74) is 1.16. The molecule has 1 N–H and O–H groups in total. The van der Waals surface area contributed by atoms with Gasteiger partial charge in [-0.1, -0.05) is 40.2 Å². The summed E-state index contributed by atoms with van der Waals surface area (Å²) in [6.07, 6.45) is 3.25. The second-order valence-corrected chi connectivity index (χ2v) is 6.67. The van der Waals surface area contributed by atoms with Crippen molar-refractivity contribution in [3.05, 3.63) is 88.7 Å². The number of benzene rings is 2. The molecule has 0 spiro atoms. The number of amides is 1. The van der Waals surface area contributed by atoms with Crippen molar-refractivity contribution in [2.75, 3.05) is 6.54 Å². The van der Waals surface area contributed by atoms with Crippen LogP contribution >= 0.6 is 15.9 Å². The first-order valence-corrected chi connectivity index (χ1v) is 9.26. The Balaban J connectivity index is 1.53. The van der Waals surface area contributed by atoms with Crippen LogP contribution in [-0.4, -0.2) is 23.4 Å². The van der Waals surface area contributed by atoms with E-state index in [0.717, 1.165) is 4.47 Å². The number of carbonyl (C=O) groups is 2. The van der Waals surface area contributed by atoms with Gasteiger partial charge in [-0.05, 0) is 36.4 Å². The molecule has 0 aliphatic carbocycles. The third-order valence-electron chi connectivity index (χ3n) is 3.70. The molecule has 0 aliphatic heterocycles. The van der Waals surface area contributed by atoms with Gasteiger partial charge in [0.1, 0.15) is 24.7 Å². The second-order valence-electron chi connectivity index (χ2n) is 5.75. The summed E-state index contributed by atoms with van der Waals surface area (Å²) in [5.74, 6) is 0.266. The third-order valence-corrected chi connectivity index (χ3v) is 4.20. The normalized spacial score (nSPS) is 10.2. The number of para-hydroxylation sites is 1. The van der Waals surface area contributed by atoms with Crippen molar-refractivity contribution in [1.29, 1.82) is 0 Å². The molecule has 1 amide bonds.